The molecular formula is C27H38N2O2S. The second-order valence-electron chi connectivity index (χ2n) is 9.32. The lowest BCUT2D eigenvalue weighted by Gasteiger charge is -2.22. The molecule has 0 bridgehead atoms. The Kier molecular flexibility index (Phi) is 10.3. The zero-order valence-corrected chi connectivity index (χ0v) is 21.1. The zero-order valence-electron chi connectivity index (χ0n) is 20.2. The van der Waals surface area contributed by atoms with Crippen molar-refractivity contribution in [3.63, 3.8) is 0 Å². The van der Waals surface area contributed by atoms with Crippen LogP contribution in [0.1, 0.15) is 71.4 Å². The predicted octanol–water partition coefficient (Wildman–Crippen LogP) is 7.01. The van der Waals surface area contributed by atoms with E-state index in [9.17, 15) is 0 Å². The lowest BCUT2D eigenvalue weighted by Crippen LogP contribution is -2.23. The van der Waals surface area contributed by atoms with Crippen LogP contribution in [-0.4, -0.2) is 36.1 Å². The van der Waals surface area contributed by atoms with Gasteiger partial charge in [0.25, 0.3) is 0 Å². The first kappa shape index (κ1) is 26.0. The monoisotopic (exact) mass is 454 g/mol. The fourth-order valence-corrected chi connectivity index (χ4v) is 3.14. The molecule has 0 heterocycles. The molecule has 0 fully saturated rings. The number of benzene rings is 2. The van der Waals surface area contributed by atoms with E-state index in [0.29, 0.717) is 0 Å². The van der Waals surface area contributed by atoms with E-state index in [1.54, 1.807) is 0 Å². The lowest BCUT2D eigenvalue weighted by molar-refractivity contribution is 0.130. The Morgan fingerprint density at radius 1 is 0.688 bits per heavy atom. The predicted molar refractivity (Wildman–Crippen MR) is 140 cm³/mol. The van der Waals surface area contributed by atoms with Crippen molar-refractivity contribution < 1.29 is 9.47 Å². The standard InChI is InChI=1S/C27H38N2O2S/c1-26(2,3)30-24-16-10-8-14-22(24)20-28-18-12-6-7-13-19-29-21-23-15-9-11-17-25(23)31-27(4,5)32/h8-11,14-17,20-21,32H,6-7,12-13,18-19H2,1-5H3. The highest BCUT2D eigenvalue weighted by Gasteiger charge is 2.15. The van der Waals surface area contributed by atoms with Gasteiger partial charge in [0.1, 0.15) is 22.0 Å². The first-order valence-corrected chi connectivity index (χ1v) is 11.9. The quantitative estimate of drug-likeness (QED) is 0.162. The molecule has 2 aromatic carbocycles. The van der Waals surface area contributed by atoms with Crippen molar-refractivity contribution in [1.82, 2.24) is 0 Å². The fraction of sp³-hybridized carbons (Fsp3) is 0.481. The summed E-state index contributed by atoms with van der Waals surface area (Å²) in [5, 5.41) is 0. The van der Waals surface area contributed by atoms with Gasteiger partial charge >= 0.3 is 0 Å². The number of para-hydroxylation sites is 2. The third kappa shape index (κ3) is 10.9. The highest BCUT2D eigenvalue weighted by atomic mass is 32.1. The number of hydrogen-bond acceptors (Lipinski definition) is 5. The normalized spacial score (nSPS) is 12.6. The molecule has 32 heavy (non-hydrogen) atoms. The molecule has 0 aliphatic carbocycles. The van der Waals surface area contributed by atoms with E-state index in [0.717, 1.165) is 61.4 Å². The third-order valence-electron chi connectivity index (χ3n) is 4.40. The molecule has 0 atom stereocenters. The minimum atomic E-state index is -0.520. The van der Waals surface area contributed by atoms with Gasteiger partial charge < -0.3 is 9.47 Å². The molecule has 0 unspecified atom stereocenters. The van der Waals surface area contributed by atoms with E-state index in [2.05, 4.69) is 43.4 Å². The zero-order chi connectivity index (χ0) is 23.5. The topological polar surface area (TPSA) is 43.2 Å². The van der Waals surface area contributed by atoms with Crippen LogP contribution in [0.2, 0.25) is 0 Å². The summed E-state index contributed by atoms with van der Waals surface area (Å²) < 4.78 is 11.9. The van der Waals surface area contributed by atoms with Crippen LogP contribution < -0.4 is 9.47 Å². The molecular weight excluding hydrogens is 416 g/mol. The fourth-order valence-electron chi connectivity index (χ4n) is 3.04. The highest BCUT2D eigenvalue weighted by Crippen LogP contribution is 2.24. The summed E-state index contributed by atoms with van der Waals surface area (Å²) >= 11 is 4.44. The Morgan fingerprint density at radius 3 is 1.56 bits per heavy atom. The summed E-state index contributed by atoms with van der Waals surface area (Å²) in [7, 11) is 0. The highest BCUT2D eigenvalue weighted by molar-refractivity contribution is 7.81. The van der Waals surface area contributed by atoms with E-state index in [-0.39, 0.29) is 5.60 Å². The lowest BCUT2D eigenvalue weighted by atomic mass is 10.1. The first-order valence-electron chi connectivity index (χ1n) is 11.4. The summed E-state index contributed by atoms with van der Waals surface area (Å²) in [6.07, 6.45) is 8.28. The molecule has 0 aromatic heterocycles. The Hall–Kier alpha value is -2.27. The maximum atomic E-state index is 6.01. The number of hydrogen-bond donors (Lipinski definition) is 1. The Balaban J connectivity index is 1.67. The molecule has 5 heteroatoms. The largest absolute Gasteiger partial charge is 0.487 e. The number of thiol groups is 1. The second kappa shape index (κ2) is 12.7. The number of aliphatic imine (C=N–C) groups is 2. The molecule has 0 spiro atoms. The first-order chi connectivity index (χ1) is 15.1. The molecule has 2 aromatic rings. The van der Waals surface area contributed by atoms with Crippen molar-refractivity contribution in [3.05, 3.63) is 59.7 Å². The summed E-state index contributed by atoms with van der Waals surface area (Å²) in [6.45, 7) is 11.7. The van der Waals surface area contributed by atoms with Crippen molar-refractivity contribution in [1.29, 1.82) is 0 Å². The molecule has 174 valence electrons. The molecule has 0 aliphatic rings. The number of ether oxygens (including phenoxy) is 2. The average molecular weight is 455 g/mol. The van der Waals surface area contributed by atoms with E-state index < -0.39 is 4.93 Å². The molecule has 0 saturated heterocycles. The maximum Gasteiger partial charge on any atom is 0.146 e. The van der Waals surface area contributed by atoms with Crippen LogP contribution in [0.5, 0.6) is 11.5 Å². The van der Waals surface area contributed by atoms with Crippen molar-refractivity contribution in [2.24, 2.45) is 9.98 Å². The summed E-state index contributed by atoms with van der Waals surface area (Å²) in [6, 6.07) is 16.0. The number of rotatable bonds is 12. The van der Waals surface area contributed by atoms with Gasteiger partial charge in [0.2, 0.25) is 0 Å². The average Bonchev–Trinajstić information content (AvgIpc) is 2.69. The van der Waals surface area contributed by atoms with Crippen LogP contribution in [0.15, 0.2) is 58.5 Å². The van der Waals surface area contributed by atoms with Gasteiger partial charge in [0.15, 0.2) is 0 Å². The number of unbranched alkanes of at least 4 members (excludes halogenated alkanes) is 3. The van der Waals surface area contributed by atoms with Gasteiger partial charge in [-0.3, -0.25) is 9.98 Å². The SMILES string of the molecule is CC(C)(C)Oc1ccccc1C=NCCCCCCN=Cc1ccccc1OC(C)(C)S. The van der Waals surface area contributed by atoms with Crippen molar-refractivity contribution in [3.8, 4) is 11.5 Å². The summed E-state index contributed by atoms with van der Waals surface area (Å²) in [5.41, 5.74) is 1.80. The summed E-state index contributed by atoms with van der Waals surface area (Å²) in [5.74, 6) is 1.69. The van der Waals surface area contributed by atoms with Gasteiger partial charge in [-0.1, -0.05) is 37.1 Å². The Morgan fingerprint density at radius 2 is 1.12 bits per heavy atom. The van der Waals surface area contributed by atoms with Gasteiger partial charge in [-0.15, -0.1) is 12.6 Å². The van der Waals surface area contributed by atoms with Crippen LogP contribution in [0.3, 0.4) is 0 Å². The van der Waals surface area contributed by atoms with Gasteiger partial charge in [-0.25, -0.2) is 0 Å². The van der Waals surface area contributed by atoms with Crippen molar-refractivity contribution in [2.75, 3.05) is 13.1 Å². The van der Waals surface area contributed by atoms with Crippen molar-refractivity contribution in [2.45, 2.75) is 70.8 Å². The number of nitrogens with zero attached hydrogens (tertiary/aromatic N) is 2. The van der Waals surface area contributed by atoms with E-state index in [1.807, 2.05) is 74.8 Å². The van der Waals surface area contributed by atoms with Crippen LogP contribution in [-0.2, 0) is 0 Å². The molecule has 0 amide bonds. The van der Waals surface area contributed by atoms with Gasteiger partial charge in [0, 0.05) is 36.6 Å². The van der Waals surface area contributed by atoms with Gasteiger partial charge in [-0.05, 0) is 71.7 Å². The minimum absolute atomic E-state index is 0.218. The molecule has 0 aliphatic heterocycles. The second-order valence-corrected chi connectivity index (χ2v) is 10.4. The van der Waals surface area contributed by atoms with Crippen LogP contribution in [0.4, 0.5) is 0 Å². The van der Waals surface area contributed by atoms with E-state index >= 15 is 0 Å². The Labute approximate surface area is 199 Å². The molecule has 0 saturated carbocycles. The molecule has 0 radical (unpaired) electrons. The van der Waals surface area contributed by atoms with Crippen LogP contribution in [0.25, 0.3) is 0 Å². The van der Waals surface area contributed by atoms with Crippen LogP contribution >= 0.6 is 12.6 Å². The van der Waals surface area contributed by atoms with E-state index in [4.69, 9.17) is 9.47 Å². The Bertz CT molecular complexity index is 806. The van der Waals surface area contributed by atoms with E-state index in [1.165, 1.54) is 0 Å². The summed E-state index contributed by atoms with van der Waals surface area (Å²) in [4.78, 5) is 8.64. The van der Waals surface area contributed by atoms with Gasteiger partial charge in [-0.2, -0.15) is 0 Å². The molecule has 0 N–H and O–H groups in total. The molecule has 2 rings (SSSR count). The van der Waals surface area contributed by atoms with Crippen LogP contribution in [0, 0.1) is 0 Å². The third-order valence-corrected chi connectivity index (χ3v) is 4.49. The molecule has 4 nitrogen and oxygen atoms in total. The van der Waals surface area contributed by atoms with Gasteiger partial charge in [0.05, 0.1) is 0 Å². The van der Waals surface area contributed by atoms with Crippen molar-refractivity contribution >= 4 is 25.1 Å². The maximum absolute atomic E-state index is 6.01. The smallest absolute Gasteiger partial charge is 0.146 e. The minimum Gasteiger partial charge on any atom is -0.487 e.